The molecule has 0 fully saturated rings. The topological polar surface area (TPSA) is 207 Å². The van der Waals surface area contributed by atoms with Crippen LogP contribution in [0.2, 0.25) is 39.3 Å². The Hall–Kier alpha value is -11.0. The molecule has 0 unspecified atom stereocenters. The van der Waals surface area contributed by atoms with E-state index < -0.39 is 16.1 Å². The minimum atomic E-state index is -1.43. The molecule has 0 atom stereocenters. The van der Waals surface area contributed by atoms with E-state index in [1.165, 1.54) is 0 Å². The summed E-state index contributed by atoms with van der Waals surface area (Å²) in [5, 5.41) is 8.21. The summed E-state index contributed by atoms with van der Waals surface area (Å²) in [5.41, 5.74) is 24.9. The maximum absolute atomic E-state index is 5.12. The molecule has 0 spiro atoms. The summed E-state index contributed by atoms with van der Waals surface area (Å²) in [6.07, 6.45) is 30.7. The van der Waals surface area contributed by atoms with E-state index in [0.717, 1.165) is 150 Å². The summed E-state index contributed by atoms with van der Waals surface area (Å²) < 4.78 is 0.989. The number of nitrogens with zero attached hydrogens (tertiary/aromatic N) is 16. The van der Waals surface area contributed by atoms with Crippen LogP contribution in [0.1, 0.15) is 11.3 Å². The fraction of sp³-hybridized carbons (Fsp3) is 0.0805. The molecular formula is C87H73BrN16Ru2Si2W-. The van der Waals surface area contributed by atoms with E-state index in [0.29, 0.717) is 0 Å². The number of aromatic nitrogens is 15. The molecular weight excluding hydrogens is 1790 g/mol. The van der Waals surface area contributed by atoms with Gasteiger partial charge in [0, 0.05) is 146 Å². The minimum Gasteiger partial charge on any atom is -0.679 e. The number of benzene rings is 4. The predicted octanol–water partition coefficient (Wildman–Crippen LogP) is 20.5. The molecule has 0 bridgehead atoms. The standard InChI is InChI=1S/C23H18N4Si.C18H9BrN4.C10H9N2.3C10H8N2.C5H10Si.CH3.2Ru.W/c1-28(2,3)13-10-15-8-9-18-19(14-15)27-23-17-7-5-12-25-21(17)20-16(22(23)26-18)6-4-11-24-20;19-10-5-6-13-14(9-10)23-18-12-4-2-8-21-16(12)15-11(17(18)22-13)3-1-7-20-15;4*1-3-7-11-9(5-1)10-6-2-4-8-12-10;1-5-6(2,3)4;;;;/h4-9,11-12,14H,1-3H3;1-9H;1-7H,8H2;3*1-8H;1H,2-4H3;1H3;;;/q;;-1;;;;;-1;;+1;. The van der Waals surface area contributed by atoms with Gasteiger partial charge in [0.05, 0.1) is 100 Å². The molecule has 539 valence electrons. The SMILES string of the molecule is Brc1ccc2nc3c4cccnc4c4ncccc4c3nc2c1.C#C[Si](C)(C)C.C1=CC[N-]C(c2ccccn2)=C1.C[Si](C)(C)C#Cc1ccc2nc3c4cccnc4c4ncccc4c3nc2c1.[CH3-].[Ru+].[Ru].[W].c1ccc(-c2ccccn2)nc1.c1ccc(-c2ccccn2)nc1.c1ccc(-c2ccccn2)nc1. The Morgan fingerprint density at radius 2 is 0.661 bits per heavy atom. The molecule has 13 aromatic heterocycles. The van der Waals surface area contributed by atoms with Gasteiger partial charge in [-0.25, -0.2) is 19.9 Å². The maximum atomic E-state index is 5.12. The Bertz CT molecular complexity index is 5700. The van der Waals surface area contributed by atoms with E-state index in [4.69, 9.17) is 26.4 Å². The van der Waals surface area contributed by atoms with Crippen LogP contribution < -0.4 is 0 Å². The van der Waals surface area contributed by atoms with Crippen molar-refractivity contribution in [2.24, 2.45) is 0 Å². The first-order valence-electron chi connectivity index (χ1n) is 33.8. The number of hydrogen-bond acceptors (Lipinski definition) is 15. The van der Waals surface area contributed by atoms with Gasteiger partial charge in [-0.15, -0.1) is 35.8 Å². The zero-order chi connectivity index (χ0) is 72.8. The van der Waals surface area contributed by atoms with Crippen LogP contribution in [0.4, 0.5) is 0 Å². The normalized spacial score (nSPS) is 10.9. The second-order valence-corrected chi connectivity index (χ2v) is 36.0. The number of allylic oxidation sites excluding steroid dienone is 2. The van der Waals surface area contributed by atoms with Crippen LogP contribution in [0.3, 0.4) is 0 Å². The van der Waals surface area contributed by atoms with Crippen molar-refractivity contribution in [3.05, 3.63) is 327 Å². The zero-order valence-electron chi connectivity index (χ0n) is 60.7. The molecule has 17 aromatic rings. The van der Waals surface area contributed by atoms with Crippen LogP contribution >= 0.6 is 15.9 Å². The van der Waals surface area contributed by atoms with Gasteiger partial charge in [-0.3, -0.25) is 54.8 Å². The van der Waals surface area contributed by atoms with Gasteiger partial charge in [-0.1, -0.05) is 116 Å². The number of halogens is 1. The van der Waals surface area contributed by atoms with Crippen LogP contribution in [-0.4, -0.2) is 97.5 Å². The van der Waals surface area contributed by atoms with Crippen molar-refractivity contribution in [1.82, 2.24) is 74.8 Å². The van der Waals surface area contributed by atoms with Gasteiger partial charge in [-0.2, -0.15) is 0 Å². The maximum Gasteiger partial charge on any atom is 1.00 e. The molecule has 4 aromatic carbocycles. The Morgan fingerprint density at radius 3 is 0.954 bits per heavy atom. The molecule has 109 heavy (non-hydrogen) atoms. The summed E-state index contributed by atoms with van der Waals surface area (Å²) in [6, 6.07) is 68.4. The molecule has 14 heterocycles. The average Bonchev–Trinajstić information content (AvgIpc) is 0.744. The third-order valence-corrected chi connectivity index (χ3v) is 17.7. The van der Waals surface area contributed by atoms with E-state index in [-0.39, 0.29) is 67.4 Å². The van der Waals surface area contributed by atoms with Crippen molar-refractivity contribution in [3.8, 4) is 57.6 Å². The van der Waals surface area contributed by atoms with Crippen LogP contribution in [0.25, 0.3) is 133 Å². The quantitative estimate of drug-likeness (QED) is 0.0528. The van der Waals surface area contributed by atoms with Gasteiger partial charge < -0.3 is 12.7 Å². The van der Waals surface area contributed by atoms with E-state index >= 15 is 0 Å². The molecule has 0 saturated heterocycles. The first kappa shape index (κ1) is 83.7. The molecule has 1 radical (unpaired) electrons. The van der Waals surface area contributed by atoms with E-state index in [1.807, 2.05) is 231 Å². The average molecular weight is 1860 g/mol. The van der Waals surface area contributed by atoms with Crippen LogP contribution in [0.15, 0.2) is 303 Å². The fourth-order valence-corrected chi connectivity index (χ4v) is 11.4. The minimum absolute atomic E-state index is 0. The Balaban J connectivity index is 0.000000167. The molecule has 0 N–H and O–H groups in total. The second-order valence-electron chi connectivity index (χ2n) is 25.5. The van der Waals surface area contributed by atoms with Gasteiger partial charge in [0.2, 0.25) is 0 Å². The largest absolute Gasteiger partial charge is 1.00 e. The van der Waals surface area contributed by atoms with Crippen molar-refractivity contribution in [3.63, 3.8) is 0 Å². The zero-order valence-corrected chi connectivity index (χ0v) is 70.7. The number of pyridine rings is 11. The molecule has 16 nitrogen and oxygen atoms in total. The molecule has 22 heteroatoms. The summed E-state index contributed by atoms with van der Waals surface area (Å²) in [6.45, 7) is 13.9. The number of hydrogen-bond donors (Lipinski definition) is 0. The van der Waals surface area contributed by atoms with Crippen LogP contribution in [0.5, 0.6) is 0 Å². The summed E-state index contributed by atoms with van der Waals surface area (Å²) in [7, 11) is -2.53. The molecule has 0 amide bonds. The first-order chi connectivity index (χ1) is 51.2. The van der Waals surface area contributed by atoms with Crippen LogP contribution in [-0.2, 0) is 60.0 Å². The monoisotopic (exact) mass is 1860 g/mol. The van der Waals surface area contributed by atoms with Gasteiger partial charge in [-0.05, 0) is 170 Å². The van der Waals surface area contributed by atoms with Gasteiger partial charge in [0.25, 0.3) is 0 Å². The fourth-order valence-electron chi connectivity index (χ4n) is 10.5. The molecule has 1 aliphatic rings. The number of rotatable bonds is 4. The van der Waals surface area contributed by atoms with Crippen molar-refractivity contribution >= 4 is 126 Å². The van der Waals surface area contributed by atoms with Crippen molar-refractivity contribution in [2.75, 3.05) is 6.54 Å². The van der Waals surface area contributed by atoms with Crippen LogP contribution in [0, 0.1) is 30.9 Å². The van der Waals surface area contributed by atoms with Crippen molar-refractivity contribution in [2.45, 2.75) is 39.3 Å². The number of fused-ring (bicyclic) bond motifs is 14. The number of terminal acetylenes is 1. The van der Waals surface area contributed by atoms with Crippen molar-refractivity contribution in [1.29, 1.82) is 0 Å². The molecule has 1 aliphatic heterocycles. The van der Waals surface area contributed by atoms with E-state index in [2.05, 4.69) is 132 Å². The predicted molar refractivity (Wildman–Crippen MR) is 444 cm³/mol. The summed E-state index contributed by atoms with van der Waals surface area (Å²) in [5.74, 6) is 3.31. The Morgan fingerprint density at radius 1 is 0.358 bits per heavy atom. The second kappa shape index (κ2) is 40.8. The first-order valence-corrected chi connectivity index (χ1v) is 41.6. The molecule has 18 rings (SSSR count). The molecule has 0 saturated carbocycles. The smallest absolute Gasteiger partial charge is 0.679 e. The third-order valence-electron chi connectivity index (χ3n) is 15.5. The van der Waals surface area contributed by atoms with Gasteiger partial charge >= 0.3 is 19.5 Å². The summed E-state index contributed by atoms with van der Waals surface area (Å²) >= 11 is 3.50. The van der Waals surface area contributed by atoms with Gasteiger partial charge in [0.1, 0.15) is 16.1 Å². The molecule has 0 aliphatic carbocycles. The van der Waals surface area contributed by atoms with Gasteiger partial charge in [0.15, 0.2) is 0 Å². The van der Waals surface area contributed by atoms with Crippen molar-refractivity contribution < 1.29 is 60.0 Å². The van der Waals surface area contributed by atoms with E-state index in [9.17, 15) is 0 Å². The van der Waals surface area contributed by atoms with E-state index in [1.54, 1.807) is 68.2 Å². The third kappa shape index (κ3) is 22.8. The Kier molecular flexibility index (Phi) is 31.3. The Labute approximate surface area is 684 Å². The summed E-state index contributed by atoms with van der Waals surface area (Å²) in [4.78, 5) is 67.1.